The van der Waals surface area contributed by atoms with Gasteiger partial charge in [0.1, 0.15) is 23.7 Å². The number of carbonyl (C=O) groups is 4. The largest absolute Gasteiger partial charge is 0.444 e. The van der Waals surface area contributed by atoms with E-state index in [-0.39, 0.29) is 28.6 Å². The second kappa shape index (κ2) is 12.3. The van der Waals surface area contributed by atoms with Gasteiger partial charge in [0.15, 0.2) is 0 Å². The summed E-state index contributed by atoms with van der Waals surface area (Å²) in [6.45, 7) is 6.94. The number of hydrogen-bond acceptors (Lipinski definition) is 7. The van der Waals surface area contributed by atoms with Crippen LogP contribution in [0.3, 0.4) is 0 Å². The Labute approximate surface area is 257 Å². The smallest absolute Gasteiger partial charge is 0.410 e. The Morgan fingerprint density at radius 2 is 1.76 bits per heavy atom. The van der Waals surface area contributed by atoms with Gasteiger partial charge >= 0.3 is 6.09 Å². The maximum Gasteiger partial charge on any atom is 0.410 e. The van der Waals surface area contributed by atoms with Crippen LogP contribution in [0.25, 0.3) is 0 Å². The van der Waals surface area contributed by atoms with Crippen molar-refractivity contribution in [2.24, 2.45) is 5.41 Å². The Balaban J connectivity index is 1.34. The summed E-state index contributed by atoms with van der Waals surface area (Å²) in [7, 11) is 1.52. The molecule has 230 valence electrons. The predicted octanol–water partition coefficient (Wildman–Crippen LogP) is 4.70. The van der Waals surface area contributed by atoms with Gasteiger partial charge in [-0.05, 0) is 77.2 Å². The van der Waals surface area contributed by atoms with E-state index < -0.39 is 35.7 Å². The normalized spacial score (nSPS) is 27.5. The average Bonchev–Trinajstić information content (AvgIpc) is 3.50. The second-order valence-electron chi connectivity index (χ2n) is 13.1. The standard InChI is InChI=1S/C31H44N4O5S2/c1-19(34(5)29(39)40-30(2,3)4)26(36)33-22-13-17-42-24-18-31(14-8-9-15-31)25(35(24)28(22)38)27(37)32-21-12-16-41-23-11-7-6-10-20(21)23/h6-7,10-11,19,21-22,24-25H,8-9,12-18H2,1-5H3,(H,32,37)(H,33,36)/t19?,21-,22+,24+,25-/m1/s1. The summed E-state index contributed by atoms with van der Waals surface area (Å²) in [5, 5.41) is 6.19. The Morgan fingerprint density at radius 1 is 1.07 bits per heavy atom. The highest BCUT2D eigenvalue weighted by molar-refractivity contribution is 8.00. The van der Waals surface area contributed by atoms with Gasteiger partial charge in [-0.2, -0.15) is 0 Å². The number of fused-ring (bicyclic) bond motifs is 2. The minimum Gasteiger partial charge on any atom is -0.444 e. The van der Waals surface area contributed by atoms with Crippen LogP contribution in [0, 0.1) is 5.41 Å². The van der Waals surface area contributed by atoms with Gasteiger partial charge in [-0.25, -0.2) is 4.79 Å². The monoisotopic (exact) mass is 616 g/mol. The van der Waals surface area contributed by atoms with E-state index in [4.69, 9.17) is 4.74 Å². The van der Waals surface area contributed by atoms with E-state index in [9.17, 15) is 19.2 Å². The van der Waals surface area contributed by atoms with Gasteiger partial charge < -0.3 is 20.3 Å². The molecule has 1 aromatic carbocycles. The van der Waals surface area contributed by atoms with Gasteiger partial charge in [0.2, 0.25) is 17.7 Å². The zero-order valence-electron chi connectivity index (χ0n) is 25.3. The van der Waals surface area contributed by atoms with Gasteiger partial charge in [0, 0.05) is 23.1 Å². The Bertz CT molecular complexity index is 1210. The molecule has 42 heavy (non-hydrogen) atoms. The molecule has 3 heterocycles. The van der Waals surface area contributed by atoms with E-state index in [0.717, 1.165) is 49.8 Å². The number of amides is 4. The predicted molar refractivity (Wildman–Crippen MR) is 165 cm³/mol. The number of ether oxygens (including phenoxy) is 1. The van der Waals surface area contributed by atoms with Crippen molar-refractivity contribution in [3.05, 3.63) is 29.8 Å². The molecule has 0 aromatic heterocycles. The molecule has 1 unspecified atom stereocenters. The van der Waals surface area contributed by atoms with Gasteiger partial charge in [-0.3, -0.25) is 19.3 Å². The number of hydrogen-bond donors (Lipinski definition) is 2. The van der Waals surface area contributed by atoms with E-state index in [1.54, 1.807) is 39.5 Å². The van der Waals surface area contributed by atoms with E-state index in [2.05, 4.69) is 22.8 Å². The summed E-state index contributed by atoms with van der Waals surface area (Å²) < 4.78 is 5.42. The van der Waals surface area contributed by atoms with Crippen LogP contribution in [-0.2, 0) is 19.1 Å². The fourth-order valence-electron chi connectivity index (χ4n) is 6.85. The van der Waals surface area contributed by atoms with Crippen LogP contribution in [0.4, 0.5) is 4.79 Å². The fourth-order valence-corrected chi connectivity index (χ4v) is 9.46. The Hall–Kier alpha value is -2.40. The number of rotatable bonds is 5. The van der Waals surface area contributed by atoms with Gasteiger partial charge in [-0.1, -0.05) is 31.0 Å². The van der Waals surface area contributed by atoms with Crippen molar-refractivity contribution in [3.63, 3.8) is 0 Å². The minimum atomic E-state index is -0.831. The summed E-state index contributed by atoms with van der Waals surface area (Å²) in [6, 6.07) is 5.99. The lowest BCUT2D eigenvalue weighted by Crippen LogP contribution is -2.59. The SMILES string of the molecule is CC(C(=O)N[C@H]1CCS[C@H]2CC3(CCCC3)[C@@H](C(=O)N[C@@H]3CCSc4ccccc43)N2C1=O)N(C)C(=O)OC(C)(C)C. The van der Waals surface area contributed by atoms with Gasteiger partial charge in [0.25, 0.3) is 0 Å². The Morgan fingerprint density at radius 3 is 2.48 bits per heavy atom. The number of likely N-dealkylation sites (N-methyl/N-ethyl adjacent to an activating group) is 1. The quantitative estimate of drug-likeness (QED) is 0.494. The fraction of sp³-hybridized carbons (Fsp3) is 0.677. The van der Waals surface area contributed by atoms with Crippen LogP contribution in [0.2, 0.25) is 0 Å². The first-order valence-electron chi connectivity index (χ1n) is 15.1. The maximum atomic E-state index is 14.2. The zero-order chi connectivity index (χ0) is 30.2. The number of nitrogens with one attached hydrogen (secondary N) is 2. The average molecular weight is 617 g/mol. The molecular formula is C31H44N4O5S2. The molecule has 11 heteroatoms. The topological polar surface area (TPSA) is 108 Å². The van der Waals surface area contributed by atoms with Crippen molar-refractivity contribution in [1.29, 1.82) is 0 Å². The van der Waals surface area contributed by atoms with Crippen LogP contribution in [0.15, 0.2) is 29.2 Å². The lowest BCUT2D eigenvalue weighted by molar-refractivity contribution is -0.144. The highest BCUT2D eigenvalue weighted by Gasteiger charge is 2.59. The molecule has 4 aliphatic rings. The van der Waals surface area contributed by atoms with Crippen molar-refractivity contribution in [1.82, 2.24) is 20.4 Å². The number of thioether (sulfide) groups is 2. The summed E-state index contributed by atoms with van der Waals surface area (Å²) in [5.74, 6) is 0.936. The lowest BCUT2D eigenvalue weighted by Gasteiger charge is -2.37. The van der Waals surface area contributed by atoms with Gasteiger partial charge in [0.05, 0.1) is 11.4 Å². The molecule has 5 rings (SSSR count). The van der Waals surface area contributed by atoms with Crippen LogP contribution in [0.5, 0.6) is 0 Å². The van der Waals surface area contributed by atoms with Crippen molar-refractivity contribution >= 4 is 47.3 Å². The first-order chi connectivity index (χ1) is 19.9. The van der Waals surface area contributed by atoms with Crippen molar-refractivity contribution < 1.29 is 23.9 Å². The highest BCUT2D eigenvalue weighted by Crippen LogP contribution is 2.55. The molecule has 3 fully saturated rings. The zero-order valence-corrected chi connectivity index (χ0v) is 26.9. The van der Waals surface area contributed by atoms with E-state index in [0.29, 0.717) is 12.2 Å². The molecule has 1 saturated carbocycles. The first-order valence-corrected chi connectivity index (χ1v) is 17.2. The molecule has 1 spiro atoms. The van der Waals surface area contributed by atoms with Crippen LogP contribution in [-0.4, -0.2) is 81.3 Å². The summed E-state index contributed by atoms with van der Waals surface area (Å²) in [6.07, 6.45) is 5.49. The van der Waals surface area contributed by atoms with Crippen molar-refractivity contribution in [3.8, 4) is 0 Å². The lowest BCUT2D eigenvalue weighted by atomic mass is 9.78. The van der Waals surface area contributed by atoms with E-state index in [1.807, 2.05) is 28.8 Å². The van der Waals surface area contributed by atoms with E-state index in [1.165, 1.54) is 16.8 Å². The molecule has 5 atom stereocenters. The summed E-state index contributed by atoms with van der Waals surface area (Å²) >= 11 is 3.53. The van der Waals surface area contributed by atoms with Crippen molar-refractivity contribution in [2.75, 3.05) is 18.6 Å². The third-order valence-electron chi connectivity index (χ3n) is 9.10. The maximum absolute atomic E-state index is 14.2. The highest BCUT2D eigenvalue weighted by atomic mass is 32.2. The van der Waals surface area contributed by atoms with Crippen molar-refractivity contribution in [2.45, 2.75) is 113 Å². The molecule has 1 aliphatic carbocycles. The Kier molecular flexibility index (Phi) is 9.09. The first kappa shape index (κ1) is 31.0. The molecule has 2 saturated heterocycles. The summed E-state index contributed by atoms with van der Waals surface area (Å²) in [5.41, 5.74) is 0.212. The number of carbonyl (C=O) groups excluding carboxylic acids is 4. The molecule has 9 nitrogen and oxygen atoms in total. The molecule has 4 amide bonds. The van der Waals surface area contributed by atoms with E-state index >= 15 is 0 Å². The minimum absolute atomic E-state index is 0.0787. The third-order valence-corrected chi connectivity index (χ3v) is 11.5. The molecular weight excluding hydrogens is 572 g/mol. The second-order valence-corrected chi connectivity index (χ2v) is 15.5. The summed E-state index contributed by atoms with van der Waals surface area (Å²) in [4.78, 5) is 58.6. The molecule has 0 bridgehead atoms. The van der Waals surface area contributed by atoms with Crippen LogP contribution < -0.4 is 10.6 Å². The van der Waals surface area contributed by atoms with Crippen LogP contribution >= 0.6 is 23.5 Å². The van der Waals surface area contributed by atoms with Crippen LogP contribution in [0.1, 0.15) is 84.2 Å². The number of benzene rings is 1. The molecule has 3 aliphatic heterocycles. The molecule has 2 N–H and O–H groups in total. The molecule has 0 radical (unpaired) electrons. The third kappa shape index (κ3) is 6.27. The molecule has 1 aromatic rings. The van der Waals surface area contributed by atoms with Gasteiger partial charge in [-0.15, -0.1) is 23.5 Å². The number of nitrogens with zero attached hydrogens (tertiary/aromatic N) is 2.